The Balaban J connectivity index is 1.55. The summed E-state index contributed by atoms with van der Waals surface area (Å²) in [7, 11) is 3.19. The van der Waals surface area contributed by atoms with Crippen LogP contribution in [0.15, 0.2) is 60.1 Å². The van der Waals surface area contributed by atoms with Crippen LogP contribution in [0, 0.1) is 5.82 Å². The number of allylic oxidation sites excluding steroid dienone is 2. The monoisotopic (exact) mass is 420 g/mol. The molecule has 3 aromatic rings. The lowest BCUT2D eigenvalue weighted by atomic mass is 9.78. The third-order valence-electron chi connectivity index (χ3n) is 5.93. The van der Waals surface area contributed by atoms with Crippen LogP contribution in [0.2, 0.25) is 0 Å². The molecule has 2 atom stereocenters. The van der Waals surface area contributed by atoms with Gasteiger partial charge in [0.15, 0.2) is 17.3 Å². The largest absolute Gasteiger partial charge is 0.493 e. The summed E-state index contributed by atoms with van der Waals surface area (Å²) in [6.45, 7) is 0. The Morgan fingerprint density at radius 2 is 1.77 bits per heavy atom. The number of ketones is 1. The van der Waals surface area contributed by atoms with Crippen molar-refractivity contribution >= 4 is 11.7 Å². The van der Waals surface area contributed by atoms with Crippen LogP contribution in [-0.4, -0.2) is 34.8 Å². The van der Waals surface area contributed by atoms with Crippen LogP contribution in [0.1, 0.15) is 35.9 Å². The Labute approximate surface area is 178 Å². The van der Waals surface area contributed by atoms with E-state index in [1.165, 1.54) is 18.5 Å². The van der Waals surface area contributed by atoms with E-state index in [9.17, 15) is 9.18 Å². The lowest BCUT2D eigenvalue weighted by Gasteiger charge is -2.35. The Morgan fingerprint density at radius 1 is 1.03 bits per heavy atom. The summed E-state index contributed by atoms with van der Waals surface area (Å²) in [6.07, 6.45) is 2.45. The van der Waals surface area contributed by atoms with Crippen LogP contribution in [-0.2, 0) is 4.79 Å². The van der Waals surface area contributed by atoms with Crippen LogP contribution in [0.5, 0.6) is 11.5 Å². The van der Waals surface area contributed by atoms with E-state index in [0.29, 0.717) is 35.9 Å². The van der Waals surface area contributed by atoms with E-state index in [-0.39, 0.29) is 17.5 Å². The van der Waals surface area contributed by atoms with E-state index >= 15 is 0 Å². The first kappa shape index (κ1) is 19.3. The summed E-state index contributed by atoms with van der Waals surface area (Å²) in [6, 6.07) is 11.5. The minimum Gasteiger partial charge on any atom is -0.493 e. The number of carbonyl (C=O) groups excluding carboxylic acids is 1. The highest BCUT2D eigenvalue weighted by Gasteiger charge is 2.39. The van der Waals surface area contributed by atoms with Crippen molar-refractivity contribution in [3.8, 4) is 11.5 Å². The number of hydrogen-bond donors (Lipinski definition) is 1. The van der Waals surface area contributed by atoms with Crippen LogP contribution in [0.3, 0.4) is 0 Å². The molecule has 5 rings (SSSR count). The first-order chi connectivity index (χ1) is 15.1. The number of Topliss-reactive ketones (excluding diaryl/α,β-unsaturated/α-hetero) is 1. The molecule has 0 radical (unpaired) electrons. The number of nitrogens with zero attached hydrogens (tertiary/aromatic N) is 3. The predicted octanol–water partition coefficient (Wildman–Crippen LogP) is 3.85. The maximum Gasteiger partial charge on any atom is 0.226 e. The van der Waals surface area contributed by atoms with Gasteiger partial charge in [-0.1, -0.05) is 18.2 Å². The van der Waals surface area contributed by atoms with Crippen molar-refractivity contribution in [2.75, 3.05) is 19.5 Å². The lowest BCUT2D eigenvalue weighted by Crippen LogP contribution is -2.33. The molecule has 0 saturated heterocycles. The van der Waals surface area contributed by atoms with Crippen LogP contribution < -0.4 is 14.8 Å². The second-order valence-corrected chi connectivity index (χ2v) is 7.64. The number of halogens is 1. The van der Waals surface area contributed by atoms with E-state index in [1.54, 1.807) is 31.0 Å². The third-order valence-corrected chi connectivity index (χ3v) is 5.93. The van der Waals surface area contributed by atoms with Crippen molar-refractivity contribution < 1.29 is 18.7 Å². The van der Waals surface area contributed by atoms with Gasteiger partial charge < -0.3 is 14.8 Å². The molecule has 8 heteroatoms. The van der Waals surface area contributed by atoms with E-state index < -0.39 is 6.04 Å². The van der Waals surface area contributed by atoms with Crippen molar-refractivity contribution in [3.63, 3.8) is 0 Å². The van der Waals surface area contributed by atoms with E-state index in [4.69, 9.17) is 9.47 Å². The highest BCUT2D eigenvalue weighted by molar-refractivity contribution is 6.00. The molecule has 1 aromatic heterocycles. The Kier molecular flexibility index (Phi) is 4.69. The normalized spacial score (nSPS) is 20.0. The Bertz CT molecular complexity index is 1190. The number of ether oxygens (including phenoxy) is 2. The van der Waals surface area contributed by atoms with Crippen molar-refractivity contribution in [3.05, 3.63) is 77.0 Å². The van der Waals surface area contributed by atoms with Gasteiger partial charge in [0.2, 0.25) is 5.95 Å². The molecule has 1 aliphatic heterocycles. The van der Waals surface area contributed by atoms with E-state index in [2.05, 4.69) is 15.4 Å². The molecule has 0 bridgehead atoms. The lowest BCUT2D eigenvalue weighted by molar-refractivity contribution is -0.116. The number of aromatic nitrogens is 3. The number of anilines is 1. The van der Waals surface area contributed by atoms with Crippen molar-refractivity contribution in [1.29, 1.82) is 0 Å². The highest BCUT2D eigenvalue weighted by Crippen LogP contribution is 2.44. The van der Waals surface area contributed by atoms with Crippen LogP contribution >= 0.6 is 0 Å². The molecule has 2 aliphatic rings. The van der Waals surface area contributed by atoms with Gasteiger partial charge in [-0.05, 0) is 47.7 Å². The number of nitrogens with one attached hydrogen (secondary N) is 1. The van der Waals surface area contributed by atoms with Gasteiger partial charge in [0, 0.05) is 17.7 Å². The van der Waals surface area contributed by atoms with Gasteiger partial charge in [-0.3, -0.25) is 4.79 Å². The number of carbonyl (C=O) groups is 1. The zero-order valence-corrected chi connectivity index (χ0v) is 17.1. The molecule has 2 unspecified atom stereocenters. The van der Waals surface area contributed by atoms with E-state index in [1.807, 2.05) is 18.2 Å². The number of hydrogen-bond acceptors (Lipinski definition) is 6. The fourth-order valence-corrected chi connectivity index (χ4v) is 4.45. The second-order valence-electron chi connectivity index (χ2n) is 7.64. The molecule has 1 aliphatic carbocycles. The topological polar surface area (TPSA) is 78.3 Å². The molecule has 0 fully saturated rings. The molecule has 2 heterocycles. The summed E-state index contributed by atoms with van der Waals surface area (Å²) in [4.78, 5) is 17.7. The quantitative estimate of drug-likeness (QED) is 0.691. The first-order valence-electron chi connectivity index (χ1n) is 9.99. The third kappa shape index (κ3) is 3.24. The van der Waals surface area contributed by atoms with Gasteiger partial charge in [-0.2, -0.15) is 10.1 Å². The summed E-state index contributed by atoms with van der Waals surface area (Å²) >= 11 is 0. The molecule has 158 valence electrons. The molecule has 0 amide bonds. The summed E-state index contributed by atoms with van der Waals surface area (Å²) < 4.78 is 26.0. The molecule has 0 saturated carbocycles. The minimum absolute atomic E-state index is 0.0121. The van der Waals surface area contributed by atoms with Gasteiger partial charge in [-0.25, -0.2) is 9.07 Å². The summed E-state index contributed by atoms with van der Waals surface area (Å²) in [5.74, 6) is 1.54. The maximum atomic E-state index is 13.5. The summed E-state index contributed by atoms with van der Waals surface area (Å²) in [5, 5.41) is 7.60. The molecule has 2 aromatic carbocycles. The van der Waals surface area contributed by atoms with Gasteiger partial charge in [0.1, 0.15) is 18.2 Å². The van der Waals surface area contributed by atoms with Gasteiger partial charge >= 0.3 is 0 Å². The smallest absolute Gasteiger partial charge is 0.226 e. The van der Waals surface area contributed by atoms with Crippen molar-refractivity contribution in [2.45, 2.75) is 24.8 Å². The Hall–Kier alpha value is -3.68. The highest BCUT2D eigenvalue weighted by atomic mass is 19.1. The SMILES string of the molecule is COc1ccc(C2CC(=O)C3=C(C2)Nc2ncnn2C3c2ccc(F)cc2)cc1OC. The number of benzene rings is 2. The predicted molar refractivity (Wildman–Crippen MR) is 112 cm³/mol. The van der Waals surface area contributed by atoms with Gasteiger partial charge in [0.25, 0.3) is 0 Å². The molecule has 7 nitrogen and oxygen atoms in total. The average molecular weight is 420 g/mol. The van der Waals surface area contributed by atoms with Gasteiger partial charge in [-0.15, -0.1) is 0 Å². The minimum atomic E-state index is -0.437. The molecule has 1 N–H and O–H groups in total. The number of rotatable bonds is 4. The zero-order chi connectivity index (χ0) is 21.5. The fourth-order valence-electron chi connectivity index (χ4n) is 4.45. The molecule has 0 spiro atoms. The van der Waals surface area contributed by atoms with E-state index in [0.717, 1.165) is 16.8 Å². The number of methoxy groups -OCH3 is 2. The van der Waals surface area contributed by atoms with Crippen LogP contribution in [0.25, 0.3) is 0 Å². The molecular formula is C23H21FN4O3. The maximum absolute atomic E-state index is 13.5. The molecular weight excluding hydrogens is 399 g/mol. The standard InChI is InChI=1S/C23H21FN4O3/c1-30-19-8-5-14(11-20(19)31-2)15-9-17-21(18(29)10-15)22(13-3-6-16(24)7-4-13)28-23(27-17)25-12-26-28/h3-8,11-12,15,22H,9-10H2,1-2H3,(H,25,26,27). The van der Waals surface area contributed by atoms with Crippen molar-refractivity contribution in [1.82, 2.24) is 14.8 Å². The van der Waals surface area contributed by atoms with Gasteiger partial charge in [0.05, 0.1) is 14.2 Å². The first-order valence-corrected chi connectivity index (χ1v) is 9.99. The zero-order valence-electron chi connectivity index (χ0n) is 17.1. The fraction of sp³-hybridized carbons (Fsp3) is 0.261. The second kappa shape index (κ2) is 7.54. The average Bonchev–Trinajstić information content (AvgIpc) is 3.26. The Morgan fingerprint density at radius 3 is 2.52 bits per heavy atom. The van der Waals surface area contributed by atoms with Crippen molar-refractivity contribution in [2.24, 2.45) is 0 Å². The molecule has 31 heavy (non-hydrogen) atoms. The summed E-state index contributed by atoms with van der Waals surface area (Å²) in [5.41, 5.74) is 3.27. The number of fused-ring (bicyclic) bond motifs is 1. The van der Waals surface area contributed by atoms with Crippen LogP contribution in [0.4, 0.5) is 10.3 Å².